The predicted octanol–water partition coefficient (Wildman–Crippen LogP) is 5.61. The summed E-state index contributed by atoms with van der Waals surface area (Å²) in [5.74, 6) is -4.57. The molecule has 0 saturated carbocycles. The zero-order chi connectivity index (χ0) is 33.1. The van der Waals surface area contributed by atoms with Gasteiger partial charge in [0, 0.05) is 70.0 Å². The van der Waals surface area contributed by atoms with Crippen LogP contribution in [0.4, 0.5) is 24.7 Å². The topological polar surface area (TPSA) is 78.8 Å². The van der Waals surface area contributed by atoms with Crippen LogP contribution in [0.25, 0.3) is 11.0 Å². The Morgan fingerprint density at radius 2 is 1.58 bits per heavy atom. The number of anilines is 2. The highest BCUT2D eigenvalue weighted by Gasteiger charge is 2.44. The second kappa shape index (κ2) is 14.7. The second-order valence-corrected chi connectivity index (χ2v) is 14.0. The zero-order valence-electron chi connectivity index (χ0n) is 27.8. The van der Waals surface area contributed by atoms with E-state index < -0.39 is 23.2 Å². The molecule has 9 nitrogen and oxygen atoms in total. The number of hydrogen-bond acceptors (Lipinski definition) is 8. The third-order valence-electron chi connectivity index (χ3n) is 11.1. The fourth-order valence-electron chi connectivity index (χ4n) is 8.15. The van der Waals surface area contributed by atoms with E-state index in [2.05, 4.69) is 30.0 Å². The molecule has 0 spiro atoms. The van der Waals surface area contributed by atoms with Gasteiger partial charge in [0.1, 0.15) is 29.3 Å². The van der Waals surface area contributed by atoms with Gasteiger partial charge in [0.05, 0.1) is 10.9 Å². The molecule has 1 N–H and O–H groups in total. The quantitative estimate of drug-likeness (QED) is 0.378. The molecule has 5 aliphatic heterocycles. The Balaban J connectivity index is 1.20. The van der Waals surface area contributed by atoms with Crippen LogP contribution in [0.1, 0.15) is 68.9 Å². The maximum Gasteiger partial charge on any atom is 0.278 e. The Morgan fingerprint density at radius 1 is 0.854 bits per heavy atom. The van der Waals surface area contributed by atoms with Crippen molar-refractivity contribution in [2.45, 2.75) is 82.8 Å². The zero-order valence-corrected chi connectivity index (χ0v) is 27.8. The van der Waals surface area contributed by atoms with Gasteiger partial charge in [0.15, 0.2) is 0 Å². The van der Waals surface area contributed by atoms with Crippen LogP contribution in [-0.4, -0.2) is 89.4 Å². The summed E-state index contributed by atoms with van der Waals surface area (Å²) in [6.07, 6.45) is 9.14. The molecule has 260 valence electrons. The van der Waals surface area contributed by atoms with Crippen molar-refractivity contribution >= 4 is 22.5 Å². The smallest absolute Gasteiger partial charge is 0.278 e. The Labute approximate surface area is 280 Å². The van der Waals surface area contributed by atoms with E-state index in [1.165, 1.54) is 18.5 Å². The fraction of sp³-hybridized carbons (Fsp3) is 0.639. The summed E-state index contributed by atoms with van der Waals surface area (Å²) < 4.78 is 54.9. The van der Waals surface area contributed by atoms with Crippen molar-refractivity contribution in [3.05, 3.63) is 57.9 Å². The number of halogens is 3. The predicted molar refractivity (Wildman–Crippen MR) is 181 cm³/mol. The van der Waals surface area contributed by atoms with Crippen molar-refractivity contribution in [2.24, 2.45) is 5.92 Å². The van der Waals surface area contributed by atoms with Crippen molar-refractivity contribution in [2.75, 3.05) is 69.2 Å². The Bertz CT molecular complexity index is 1610. The van der Waals surface area contributed by atoms with Crippen molar-refractivity contribution in [1.82, 2.24) is 24.3 Å². The number of alkyl halides is 2. The first-order valence-electron chi connectivity index (χ1n) is 18.0. The monoisotopic (exact) mass is 667 g/mol. The molecule has 0 aliphatic carbocycles. The number of aryl methyl sites for hydroxylation is 1. The molecule has 0 unspecified atom stereocenters. The van der Waals surface area contributed by atoms with E-state index in [1.54, 1.807) is 10.6 Å². The first-order chi connectivity index (χ1) is 23.4. The highest BCUT2D eigenvalue weighted by atomic mass is 19.3. The summed E-state index contributed by atoms with van der Waals surface area (Å²) in [6, 6.07) is 6.67. The Hall–Kier alpha value is -3.22. The first kappa shape index (κ1) is 33.3. The maximum atomic E-state index is 15.9. The number of piperazine rings is 1. The molecule has 2 aromatic heterocycles. The summed E-state index contributed by atoms with van der Waals surface area (Å²) in [7, 11) is 0. The average Bonchev–Trinajstić information content (AvgIpc) is 3.11. The molecule has 0 amide bonds. The lowest BCUT2D eigenvalue weighted by Gasteiger charge is -2.41. The number of ether oxygens (including phenoxy) is 1. The molecule has 8 rings (SSSR count). The number of piperidine rings is 1. The van der Waals surface area contributed by atoms with E-state index >= 15 is 13.2 Å². The number of pyridine rings is 1. The van der Waals surface area contributed by atoms with E-state index in [-0.39, 0.29) is 17.7 Å². The standard InChI is InChI=1S/C36H48F3N7O2/c37-32-26-7-6-8-30(32)36(38,39)27-9-15-43(16-10-27)13-4-2-1-3-5-14-46-34-29(33(40-24-26)41-25-42-34)23-31(35(46)47)45-19-17-44(18-20-45)28-11-21-48-22-12-28/h6-8,23,25,27-28H,1-5,9-22,24H2,(H,40,41,42). The number of nitrogens with one attached hydrogen (secondary N) is 1. The molecular weight excluding hydrogens is 619 g/mol. The number of benzene rings is 1. The molecule has 3 saturated heterocycles. The van der Waals surface area contributed by atoms with Crippen LogP contribution in [0.5, 0.6) is 0 Å². The van der Waals surface area contributed by atoms with E-state index in [0.29, 0.717) is 61.1 Å². The van der Waals surface area contributed by atoms with Crippen LogP contribution in [0.3, 0.4) is 0 Å². The van der Waals surface area contributed by atoms with Crippen molar-refractivity contribution < 1.29 is 17.9 Å². The van der Waals surface area contributed by atoms with E-state index in [4.69, 9.17) is 4.74 Å². The van der Waals surface area contributed by atoms with Crippen molar-refractivity contribution in [3.8, 4) is 0 Å². The molecule has 5 aliphatic rings. The average molecular weight is 668 g/mol. The van der Waals surface area contributed by atoms with Crippen LogP contribution in [0, 0.1) is 11.7 Å². The van der Waals surface area contributed by atoms with Crippen LogP contribution in [-0.2, 0) is 23.7 Å². The Morgan fingerprint density at radius 3 is 2.35 bits per heavy atom. The lowest BCUT2D eigenvalue weighted by atomic mass is 9.85. The van der Waals surface area contributed by atoms with Crippen molar-refractivity contribution in [1.29, 1.82) is 0 Å². The summed E-state index contributed by atoms with van der Waals surface area (Å²) in [4.78, 5) is 30.1. The van der Waals surface area contributed by atoms with Gasteiger partial charge in [-0.1, -0.05) is 37.5 Å². The summed E-state index contributed by atoms with van der Waals surface area (Å²) >= 11 is 0. The van der Waals surface area contributed by atoms with Crippen LogP contribution in [0.15, 0.2) is 35.4 Å². The largest absolute Gasteiger partial charge is 0.381 e. The minimum atomic E-state index is -3.26. The van der Waals surface area contributed by atoms with Crippen molar-refractivity contribution in [3.63, 3.8) is 0 Å². The number of rotatable bonds is 2. The summed E-state index contributed by atoms with van der Waals surface area (Å²) in [6.45, 7) is 7.43. The normalized spacial score (nSPS) is 25.1. The third kappa shape index (κ3) is 6.93. The molecule has 12 heteroatoms. The second-order valence-electron chi connectivity index (χ2n) is 14.0. The van der Waals surface area contributed by atoms with Gasteiger partial charge >= 0.3 is 0 Å². The highest BCUT2D eigenvalue weighted by molar-refractivity contribution is 5.89. The molecule has 0 radical (unpaired) electrons. The molecule has 48 heavy (non-hydrogen) atoms. The first-order valence-corrected chi connectivity index (χ1v) is 18.0. The summed E-state index contributed by atoms with van der Waals surface area (Å²) in [5.41, 5.74) is 0.699. The summed E-state index contributed by atoms with van der Waals surface area (Å²) in [5, 5.41) is 3.89. The highest BCUT2D eigenvalue weighted by Crippen LogP contribution is 2.43. The van der Waals surface area contributed by atoms with Gasteiger partial charge in [-0.3, -0.25) is 14.3 Å². The minimum absolute atomic E-state index is 0.0292. The molecule has 3 aromatic rings. The van der Waals surface area contributed by atoms with Gasteiger partial charge in [-0.25, -0.2) is 23.1 Å². The van der Waals surface area contributed by atoms with Gasteiger partial charge in [-0.15, -0.1) is 0 Å². The third-order valence-corrected chi connectivity index (χ3v) is 11.1. The van der Waals surface area contributed by atoms with Gasteiger partial charge in [0.25, 0.3) is 11.5 Å². The van der Waals surface area contributed by atoms with Gasteiger partial charge in [0.2, 0.25) is 0 Å². The lowest BCUT2D eigenvalue weighted by molar-refractivity contribution is -0.0880. The number of fused-ring (bicyclic) bond motifs is 9. The van der Waals surface area contributed by atoms with Gasteiger partial charge in [-0.2, -0.15) is 0 Å². The van der Waals surface area contributed by atoms with Gasteiger partial charge in [-0.05, 0) is 64.2 Å². The molecular formula is C36H48F3N7O2. The van der Waals surface area contributed by atoms with Crippen LogP contribution < -0.4 is 15.8 Å². The molecule has 1 aromatic carbocycles. The number of nitrogens with zero attached hydrogens (tertiary/aromatic N) is 6. The van der Waals surface area contributed by atoms with E-state index in [1.807, 2.05) is 6.07 Å². The van der Waals surface area contributed by atoms with E-state index in [0.717, 1.165) is 90.9 Å². The van der Waals surface area contributed by atoms with Crippen LogP contribution >= 0.6 is 0 Å². The maximum absolute atomic E-state index is 15.9. The van der Waals surface area contributed by atoms with E-state index in [9.17, 15) is 4.79 Å². The minimum Gasteiger partial charge on any atom is -0.381 e. The van der Waals surface area contributed by atoms with Crippen LogP contribution in [0.2, 0.25) is 0 Å². The lowest BCUT2D eigenvalue weighted by Crippen LogP contribution is -2.52. The number of aromatic nitrogens is 3. The van der Waals surface area contributed by atoms with Gasteiger partial charge < -0.3 is 19.9 Å². The molecule has 0 atom stereocenters. The number of hydrogen-bond donors (Lipinski definition) is 1. The Kier molecular flexibility index (Phi) is 10.2. The molecule has 8 bridgehead atoms. The fourth-order valence-corrected chi connectivity index (χ4v) is 8.15. The molecule has 7 heterocycles. The molecule has 3 fully saturated rings. The SMILES string of the molecule is O=c1c(N2CCN(C3CCOCC3)CC2)cc2c3ncnc2n1CCCCCCCN1CCC(CC1)C(F)(F)c1cccc(c1F)CN3.